The smallest absolute Gasteiger partial charge is 0.260 e. The van der Waals surface area contributed by atoms with E-state index >= 15 is 0 Å². The molecule has 0 atom stereocenters. The van der Waals surface area contributed by atoms with Gasteiger partial charge in [0.1, 0.15) is 0 Å². The molecule has 28 heavy (non-hydrogen) atoms. The molecule has 2 rings (SSSR count). The van der Waals surface area contributed by atoms with Crippen LogP contribution in [-0.4, -0.2) is 61.0 Å². The Morgan fingerprint density at radius 1 is 1.04 bits per heavy atom. The monoisotopic (exact) mass is 390 g/mol. The highest BCUT2D eigenvalue weighted by atomic mass is 16.5. The Bertz CT molecular complexity index is 641. The molecule has 2 amide bonds. The second-order valence-corrected chi connectivity index (χ2v) is 7.06. The minimum atomic E-state index is -0.00898. The molecule has 1 heterocycles. The Labute approximate surface area is 168 Å². The second-order valence-electron chi connectivity index (χ2n) is 7.06. The van der Waals surface area contributed by atoms with Crippen molar-refractivity contribution in [3.05, 3.63) is 23.8 Å². The lowest BCUT2D eigenvalue weighted by Crippen LogP contribution is -2.38. The number of hydrogen-bond donors (Lipinski definition) is 0. The van der Waals surface area contributed by atoms with Crippen molar-refractivity contribution in [3.8, 4) is 11.5 Å². The van der Waals surface area contributed by atoms with Gasteiger partial charge in [-0.2, -0.15) is 0 Å². The first-order valence-electron chi connectivity index (χ1n) is 10.6. The molecule has 0 radical (unpaired) electrons. The summed E-state index contributed by atoms with van der Waals surface area (Å²) in [6.45, 7) is 9.47. The lowest BCUT2D eigenvalue weighted by Gasteiger charge is -2.26. The molecule has 0 N–H and O–H groups in total. The Hall–Kier alpha value is -2.24. The number of carbonyl (C=O) groups is 2. The van der Waals surface area contributed by atoms with Crippen LogP contribution < -0.4 is 9.47 Å². The van der Waals surface area contributed by atoms with Crippen LogP contribution in [0.5, 0.6) is 11.5 Å². The van der Waals surface area contributed by atoms with Gasteiger partial charge in [-0.25, -0.2) is 0 Å². The number of hydrogen-bond acceptors (Lipinski definition) is 4. The normalized spacial score (nSPS) is 13.9. The maximum Gasteiger partial charge on any atom is 0.260 e. The first-order chi connectivity index (χ1) is 13.6. The van der Waals surface area contributed by atoms with E-state index in [9.17, 15) is 9.59 Å². The van der Waals surface area contributed by atoms with Crippen molar-refractivity contribution in [2.75, 3.05) is 39.4 Å². The van der Waals surface area contributed by atoms with E-state index in [2.05, 4.69) is 6.92 Å². The quantitative estimate of drug-likeness (QED) is 0.611. The van der Waals surface area contributed by atoms with Gasteiger partial charge in [0.25, 0.3) is 11.8 Å². The van der Waals surface area contributed by atoms with Gasteiger partial charge in [-0.1, -0.05) is 13.3 Å². The van der Waals surface area contributed by atoms with Crippen molar-refractivity contribution in [2.24, 2.45) is 0 Å². The van der Waals surface area contributed by atoms with Gasteiger partial charge in [-0.15, -0.1) is 0 Å². The van der Waals surface area contributed by atoms with Crippen LogP contribution >= 0.6 is 0 Å². The third-order valence-electron chi connectivity index (χ3n) is 5.00. The molecule has 0 bridgehead atoms. The van der Waals surface area contributed by atoms with Crippen molar-refractivity contribution in [1.82, 2.24) is 9.80 Å². The van der Waals surface area contributed by atoms with E-state index in [4.69, 9.17) is 9.47 Å². The highest BCUT2D eigenvalue weighted by Crippen LogP contribution is 2.29. The predicted octanol–water partition coefficient (Wildman–Crippen LogP) is 3.74. The minimum absolute atomic E-state index is 0.000903. The van der Waals surface area contributed by atoms with E-state index in [1.807, 2.05) is 23.6 Å². The van der Waals surface area contributed by atoms with Crippen LogP contribution in [-0.2, 0) is 4.79 Å². The Balaban J connectivity index is 2.06. The zero-order valence-corrected chi connectivity index (χ0v) is 17.5. The summed E-state index contributed by atoms with van der Waals surface area (Å²) in [6.07, 6.45) is 5.32. The number of benzene rings is 1. The molecule has 0 spiro atoms. The molecule has 1 aliphatic heterocycles. The molecule has 1 aromatic carbocycles. The summed E-state index contributed by atoms with van der Waals surface area (Å²) in [5.41, 5.74) is 0.580. The summed E-state index contributed by atoms with van der Waals surface area (Å²) < 4.78 is 11.4. The number of likely N-dealkylation sites (tertiary alicyclic amines) is 1. The van der Waals surface area contributed by atoms with Gasteiger partial charge in [-0.3, -0.25) is 9.59 Å². The van der Waals surface area contributed by atoms with Gasteiger partial charge in [0, 0.05) is 31.7 Å². The summed E-state index contributed by atoms with van der Waals surface area (Å²) in [5.74, 6) is 0.999. The molecular weight excluding hydrogens is 356 g/mol. The van der Waals surface area contributed by atoms with Crippen LogP contribution in [0.4, 0.5) is 0 Å². The van der Waals surface area contributed by atoms with Crippen LogP contribution in [0.1, 0.15) is 63.2 Å². The third-order valence-corrected chi connectivity index (χ3v) is 5.00. The van der Waals surface area contributed by atoms with Gasteiger partial charge >= 0.3 is 0 Å². The van der Waals surface area contributed by atoms with Crippen molar-refractivity contribution in [3.63, 3.8) is 0 Å². The summed E-state index contributed by atoms with van der Waals surface area (Å²) in [6, 6.07) is 5.21. The van der Waals surface area contributed by atoms with Gasteiger partial charge in [0.05, 0.1) is 6.61 Å². The lowest BCUT2D eigenvalue weighted by molar-refractivity contribution is -0.134. The summed E-state index contributed by atoms with van der Waals surface area (Å²) in [4.78, 5) is 28.8. The fourth-order valence-electron chi connectivity index (χ4n) is 3.34. The Kier molecular flexibility index (Phi) is 9.11. The van der Waals surface area contributed by atoms with Crippen LogP contribution in [0.15, 0.2) is 18.2 Å². The molecule has 1 aliphatic rings. The third kappa shape index (κ3) is 6.14. The fraction of sp³-hybridized carbons (Fsp3) is 0.636. The Morgan fingerprint density at radius 3 is 2.43 bits per heavy atom. The molecule has 0 saturated carbocycles. The predicted molar refractivity (Wildman–Crippen MR) is 110 cm³/mol. The van der Waals surface area contributed by atoms with Crippen LogP contribution in [0.2, 0.25) is 0 Å². The molecule has 6 nitrogen and oxygen atoms in total. The zero-order chi connectivity index (χ0) is 20.4. The maximum absolute atomic E-state index is 12.8. The van der Waals surface area contributed by atoms with Gasteiger partial charge in [0.2, 0.25) is 0 Å². The first kappa shape index (κ1) is 22.1. The fourth-order valence-corrected chi connectivity index (χ4v) is 3.34. The molecule has 156 valence electrons. The number of ether oxygens (including phenoxy) is 2. The topological polar surface area (TPSA) is 59.1 Å². The maximum atomic E-state index is 12.8. The van der Waals surface area contributed by atoms with Crippen LogP contribution in [0, 0.1) is 0 Å². The minimum Gasteiger partial charge on any atom is -0.490 e. The van der Waals surface area contributed by atoms with Crippen LogP contribution in [0.3, 0.4) is 0 Å². The number of nitrogens with zero attached hydrogens (tertiary/aromatic N) is 2. The summed E-state index contributed by atoms with van der Waals surface area (Å²) in [7, 11) is 0. The average molecular weight is 391 g/mol. The van der Waals surface area contributed by atoms with Gasteiger partial charge < -0.3 is 19.3 Å². The number of unbranched alkanes of at least 4 members (excludes halogenated alkanes) is 1. The molecule has 1 aromatic rings. The zero-order valence-electron chi connectivity index (χ0n) is 17.5. The molecule has 1 fully saturated rings. The van der Waals surface area contributed by atoms with E-state index in [-0.39, 0.29) is 18.4 Å². The number of piperidine rings is 1. The molecule has 1 saturated heterocycles. The first-order valence-corrected chi connectivity index (χ1v) is 10.6. The van der Waals surface area contributed by atoms with Gasteiger partial charge in [0.15, 0.2) is 18.1 Å². The number of rotatable bonds is 10. The van der Waals surface area contributed by atoms with E-state index in [1.165, 1.54) is 6.42 Å². The highest BCUT2D eigenvalue weighted by molar-refractivity contribution is 5.95. The van der Waals surface area contributed by atoms with Crippen LogP contribution in [0.25, 0.3) is 0 Å². The molecule has 0 aliphatic carbocycles. The highest BCUT2D eigenvalue weighted by Gasteiger charge is 2.19. The number of carbonyl (C=O) groups excluding carboxylic acids is 2. The van der Waals surface area contributed by atoms with Crippen molar-refractivity contribution >= 4 is 11.8 Å². The SMILES string of the molecule is CCCCN(CC)C(=O)c1ccc(OCC(=O)N2CCCCC2)c(OCC)c1. The molecular formula is C22H34N2O4. The lowest BCUT2D eigenvalue weighted by atomic mass is 10.1. The van der Waals surface area contributed by atoms with E-state index in [0.29, 0.717) is 30.2 Å². The standard InChI is InChI=1S/C22H34N2O4/c1-4-7-13-23(5-2)22(26)18-11-12-19(20(16-18)27-6-3)28-17-21(25)24-14-9-8-10-15-24/h11-12,16H,4-10,13-15,17H2,1-3H3. The van der Waals surface area contributed by atoms with Gasteiger partial charge in [-0.05, 0) is 57.7 Å². The summed E-state index contributed by atoms with van der Waals surface area (Å²) >= 11 is 0. The summed E-state index contributed by atoms with van der Waals surface area (Å²) in [5, 5.41) is 0. The Morgan fingerprint density at radius 2 is 1.79 bits per heavy atom. The molecule has 0 aromatic heterocycles. The second kappa shape index (κ2) is 11.6. The van der Waals surface area contributed by atoms with Crippen molar-refractivity contribution in [2.45, 2.75) is 52.9 Å². The van der Waals surface area contributed by atoms with E-state index in [1.54, 1.807) is 18.2 Å². The number of amides is 2. The van der Waals surface area contributed by atoms with Crippen molar-refractivity contribution < 1.29 is 19.1 Å². The average Bonchev–Trinajstić information content (AvgIpc) is 2.73. The molecule has 6 heteroatoms. The van der Waals surface area contributed by atoms with E-state index in [0.717, 1.165) is 45.3 Å². The van der Waals surface area contributed by atoms with Crippen molar-refractivity contribution in [1.29, 1.82) is 0 Å². The van der Waals surface area contributed by atoms with E-state index < -0.39 is 0 Å². The molecule has 0 unspecified atom stereocenters. The largest absolute Gasteiger partial charge is 0.490 e.